The van der Waals surface area contributed by atoms with Gasteiger partial charge in [0.2, 0.25) is 0 Å². The third kappa shape index (κ3) is 2.84. The first-order valence-corrected chi connectivity index (χ1v) is 6.50. The van der Waals surface area contributed by atoms with Crippen molar-refractivity contribution >= 4 is 16.9 Å². The van der Waals surface area contributed by atoms with E-state index in [4.69, 9.17) is 13.9 Å². The number of fused-ring (bicyclic) bond motifs is 1. The van der Waals surface area contributed by atoms with Gasteiger partial charge in [0.25, 0.3) is 6.01 Å². The highest BCUT2D eigenvalue weighted by atomic mass is 16.5. The van der Waals surface area contributed by atoms with Gasteiger partial charge in [-0.1, -0.05) is 13.3 Å². The van der Waals surface area contributed by atoms with E-state index in [1.165, 1.54) is 14.2 Å². The van der Waals surface area contributed by atoms with E-state index in [1.807, 2.05) is 0 Å². The highest BCUT2D eigenvalue weighted by Gasteiger charge is 2.12. The van der Waals surface area contributed by atoms with Crippen molar-refractivity contribution in [1.82, 2.24) is 4.98 Å². The van der Waals surface area contributed by atoms with Crippen molar-refractivity contribution in [1.29, 1.82) is 0 Å². The van der Waals surface area contributed by atoms with Crippen LogP contribution in [0.3, 0.4) is 0 Å². The van der Waals surface area contributed by atoms with Gasteiger partial charge in [0.1, 0.15) is 0 Å². The summed E-state index contributed by atoms with van der Waals surface area (Å²) in [6.45, 7) is 2.80. The van der Waals surface area contributed by atoms with E-state index in [2.05, 4.69) is 17.2 Å². The van der Waals surface area contributed by atoms with Crippen LogP contribution in [0.2, 0.25) is 0 Å². The lowest BCUT2D eigenvalue weighted by Crippen LogP contribution is -2.09. The van der Waals surface area contributed by atoms with Gasteiger partial charge in [-0.25, -0.2) is 4.79 Å². The minimum absolute atomic E-state index is 0.225. The molecule has 108 valence electrons. The van der Waals surface area contributed by atoms with Crippen LogP contribution < -0.4 is 20.4 Å². The first kappa shape index (κ1) is 14.2. The van der Waals surface area contributed by atoms with Crippen molar-refractivity contribution in [2.45, 2.75) is 19.8 Å². The molecule has 0 spiro atoms. The molecule has 20 heavy (non-hydrogen) atoms. The second kappa shape index (κ2) is 6.27. The van der Waals surface area contributed by atoms with E-state index < -0.39 is 5.63 Å². The molecule has 0 amide bonds. The van der Waals surface area contributed by atoms with Gasteiger partial charge in [-0.2, -0.15) is 4.98 Å². The van der Waals surface area contributed by atoms with E-state index >= 15 is 0 Å². The molecule has 0 fully saturated rings. The van der Waals surface area contributed by atoms with E-state index in [0.29, 0.717) is 28.9 Å². The quantitative estimate of drug-likeness (QED) is 0.818. The normalized spacial score (nSPS) is 10.6. The Morgan fingerprint density at radius 2 is 1.95 bits per heavy atom. The smallest absolute Gasteiger partial charge is 0.348 e. The fourth-order valence-corrected chi connectivity index (χ4v) is 1.85. The monoisotopic (exact) mass is 278 g/mol. The van der Waals surface area contributed by atoms with Crippen LogP contribution in [0, 0.1) is 0 Å². The Balaban J connectivity index is 2.45. The van der Waals surface area contributed by atoms with E-state index in [1.54, 1.807) is 12.1 Å². The molecule has 0 bridgehead atoms. The first-order chi connectivity index (χ1) is 9.69. The largest absolute Gasteiger partial charge is 0.493 e. The van der Waals surface area contributed by atoms with Gasteiger partial charge < -0.3 is 19.2 Å². The highest BCUT2D eigenvalue weighted by Crippen LogP contribution is 2.30. The minimum Gasteiger partial charge on any atom is -0.493 e. The summed E-state index contributed by atoms with van der Waals surface area (Å²) in [4.78, 5) is 16.2. The molecule has 0 unspecified atom stereocenters. The molecule has 0 aliphatic rings. The Hall–Kier alpha value is -2.24. The molecular weight excluding hydrogens is 260 g/mol. The maximum Gasteiger partial charge on any atom is 0.348 e. The number of anilines is 1. The molecule has 1 N–H and O–H groups in total. The molecule has 0 saturated carbocycles. The minimum atomic E-state index is -0.449. The van der Waals surface area contributed by atoms with Gasteiger partial charge in [0.05, 0.1) is 25.1 Å². The lowest BCUT2D eigenvalue weighted by molar-refractivity contribution is 0.355. The number of benzene rings is 1. The number of methoxy groups -OCH3 is 2. The van der Waals surface area contributed by atoms with Crippen molar-refractivity contribution in [3.8, 4) is 11.5 Å². The molecule has 0 atom stereocenters. The predicted molar refractivity (Wildman–Crippen MR) is 76.8 cm³/mol. The molecule has 2 rings (SSSR count). The first-order valence-electron chi connectivity index (χ1n) is 6.50. The Morgan fingerprint density at radius 1 is 1.25 bits per heavy atom. The average molecular weight is 278 g/mol. The molecule has 0 aliphatic heterocycles. The molecule has 1 heterocycles. The third-order valence-corrected chi connectivity index (χ3v) is 2.94. The molecule has 6 heteroatoms. The van der Waals surface area contributed by atoms with Gasteiger partial charge >= 0.3 is 5.63 Å². The van der Waals surface area contributed by atoms with Crippen LogP contribution in [-0.4, -0.2) is 25.7 Å². The molecule has 0 saturated heterocycles. The lowest BCUT2D eigenvalue weighted by atomic mass is 10.2. The third-order valence-electron chi connectivity index (χ3n) is 2.94. The molecular formula is C14H18N2O4. The van der Waals surface area contributed by atoms with Crippen LogP contribution in [0.15, 0.2) is 21.3 Å². The van der Waals surface area contributed by atoms with Gasteiger partial charge in [-0.15, -0.1) is 0 Å². The summed E-state index contributed by atoms with van der Waals surface area (Å²) >= 11 is 0. The van der Waals surface area contributed by atoms with Crippen molar-refractivity contribution in [3.63, 3.8) is 0 Å². The van der Waals surface area contributed by atoms with Crippen molar-refractivity contribution in [2.24, 2.45) is 0 Å². The van der Waals surface area contributed by atoms with Crippen LogP contribution in [-0.2, 0) is 0 Å². The second-order valence-electron chi connectivity index (χ2n) is 4.31. The molecule has 6 nitrogen and oxygen atoms in total. The Bertz CT molecular complexity index is 651. The van der Waals surface area contributed by atoms with Gasteiger partial charge in [0, 0.05) is 18.7 Å². The standard InChI is InChI=1S/C14H18N2O4/c1-4-5-6-15-14-16-10-8-12(19-3)11(18-2)7-9(10)13(17)20-14/h7-8H,4-6H2,1-3H3,(H,15,16). The fourth-order valence-electron chi connectivity index (χ4n) is 1.85. The summed E-state index contributed by atoms with van der Waals surface area (Å²) in [6.07, 6.45) is 2.03. The van der Waals surface area contributed by atoms with Gasteiger partial charge in [-0.05, 0) is 6.42 Å². The zero-order chi connectivity index (χ0) is 14.5. The molecule has 0 radical (unpaired) electrons. The lowest BCUT2D eigenvalue weighted by Gasteiger charge is -2.09. The topological polar surface area (TPSA) is 73.6 Å². The number of unbranched alkanes of at least 4 members (excludes halogenated alkanes) is 1. The summed E-state index contributed by atoms with van der Waals surface area (Å²) < 4.78 is 15.5. The maximum absolute atomic E-state index is 12.0. The van der Waals surface area contributed by atoms with Crippen LogP contribution in [0.1, 0.15) is 19.8 Å². The van der Waals surface area contributed by atoms with Crippen molar-refractivity contribution in [2.75, 3.05) is 26.1 Å². The van der Waals surface area contributed by atoms with E-state index in [-0.39, 0.29) is 6.01 Å². The van der Waals surface area contributed by atoms with Crippen LogP contribution in [0.25, 0.3) is 10.9 Å². The summed E-state index contributed by atoms with van der Waals surface area (Å²) in [5.74, 6) is 0.999. The van der Waals surface area contributed by atoms with E-state index in [0.717, 1.165) is 12.8 Å². The summed E-state index contributed by atoms with van der Waals surface area (Å²) in [7, 11) is 3.05. The number of hydrogen-bond donors (Lipinski definition) is 1. The second-order valence-corrected chi connectivity index (χ2v) is 4.31. The number of rotatable bonds is 6. The summed E-state index contributed by atoms with van der Waals surface area (Å²) in [5, 5.41) is 3.36. The summed E-state index contributed by atoms with van der Waals surface area (Å²) in [6, 6.07) is 3.46. The number of ether oxygens (including phenoxy) is 2. The van der Waals surface area contributed by atoms with Crippen LogP contribution >= 0.6 is 0 Å². The molecule has 2 aromatic rings. The number of aromatic nitrogens is 1. The summed E-state index contributed by atoms with van der Waals surface area (Å²) in [5.41, 5.74) is 0.0628. The fraction of sp³-hybridized carbons (Fsp3) is 0.429. The molecule has 1 aromatic carbocycles. The Labute approximate surface area is 116 Å². The van der Waals surface area contributed by atoms with E-state index in [9.17, 15) is 4.79 Å². The van der Waals surface area contributed by atoms with Gasteiger partial charge in [-0.3, -0.25) is 0 Å². The Kier molecular flexibility index (Phi) is 4.45. The molecule has 0 aliphatic carbocycles. The zero-order valence-electron chi connectivity index (χ0n) is 11.9. The number of hydrogen-bond acceptors (Lipinski definition) is 6. The SMILES string of the molecule is CCCCNc1nc2cc(OC)c(OC)cc2c(=O)o1. The molecule has 1 aromatic heterocycles. The average Bonchev–Trinajstić information content (AvgIpc) is 2.46. The Morgan fingerprint density at radius 3 is 2.60 bits per heavy atom. The number of nitrogens with one attached hydrogen (secondary N) is 1. The predicted octanol–water partition coefficient (Wildman–Crippen LogP) is 2.42. The van der Waals surface area contributed by atoms with Gasteiger partial charge in [0.15, 0.2) is 11.5 Å². The maximum atomic E-state index is 12.0. The van der Waals surface area contributed by atoms with Crippen molar-refractivity contribution in [3.05, 3.63) is 22.6 Å². The van der Waals surface area contributed by atoms with Crippen LogP contribution in [0.4, 0.5) is 6.01 Å². The number of nitrogens with zero attached hydrogens (tertiary/aromatic N) is 1. The van der Waals surface area contributed by atoms with Crippen LogP contribution in [0.5, 0.6) is 11.5 Å². The zero-order valence-corrected chi connectivity index (χ0v) is 11.9. The highest BCUT2D eigenvalue weighted by molar-refractivity contribution is 5.82. The van der Waals surface area contributed by atoms with Crippen molar-refractivity contribution < 1.29 is 13.9 Å².